The van der Waals surface area contributed by atoms with Gasteiger partial charge < -0.3 is 10.2 Å². The van der Waals surface area contributed by atoms with Crippen LogP contribution in [0.4, 0.5) is 0 Å². The van der Waals surface area contributed by atoms with Crippen LogP contribution < -0.4 is 5.32 Å². The molecule has 2 fully saturated rings. The first-order valence-corrected chi connectivity index (χ1v) is 5.79. The third kappa shape index (κ3) is 2.29. The second-order valence-electron chi connectivity index (χ2n) is 4.51. The second kappa shape index (κ2) is 4.82. The van der Waals surface area contributed by atoms with Crippen LogP contribution in [-0.2, 0) is 0 Å². The van der Waals surface area contributed by atoms with Crippen molar-refractivity contribution in [1.82, 2.24) is 10.2 Å². The molecule has 14 heavy (non-hydrogen) atoms. The average molecular weight is 192 g/mol. The minimum Gasteiger partial charge on any atom is -0.313 e. The van der Waals surface area contributed by atoms with E-state index in [1.165, 1.54) is 38.9 Å². The second-order valence-corrected chi connectivity index (χ2v) is 4.51. The molecular weight excluding hydrogens is 172 g/mol. The predicted molar refractivity (Wildman–Crippen MR) is 59.0 cm³/mol. The molecule has 0 radical (unpaired) electrons. The SMILES string of the molecule is C#CCCNC1CCN2CCCC1C2. The largest absolute Gasteiger partial charge is 0.313 e. The molecule has 0 saturated carbocycles. The van der Waals surface area contributed by atoms with E-state index in [2.05, 4.69) is 16.1 Å². The summed E-state index contributed by atoms with van der Waals surface area (Å²) in [4.78, 5) is 2.60. The molecule has 0 amide bonds. The maximum Gasteiger partial charge on any atom is 0.0212 e. The molecule has 2 rings (SSSR count). The number of rotatable bonds is 3. The Morgan fingerprint density at radius 3 is 3.14 bits per heavy atom. The van der Waals surface area contributed by atoms with Crippen molar-refractivity contribution in [2.75, 3.05) is 26.2 Å². The Bertz CT molecular complexity index is 219. The molecule has 0 aromatic heterocycles. The molecule has 2 heteroatoms. The summed E-state index contributed by atoms with van der Waals surface area (Å²) < 4.78 is 0. The van der Waals surface area contributed by atoms with Crippen molar-refractivity contribution in [2.24, 2.45) is 5.92 Å². The summed E-state index contributed by atoms with van der Waals surface area (Å²) in [7, 11) is 0. The van der Waals surface area contributed by atoms with Gasteiger partial charge in [0.05, 0.1) is 0 Å². The maximum atomic E-state index is 5.25. The van der Waals surface area contributed by atoms with E-state index in [4.69, 9.17) is 6.42 Å². The number of fused-ring (bicyclic) bond motifs is 2. The Labute approximate surface area is 87.1 Å². The van der Waals surface area contributed by atoms with Gasteiger partial charge in [-0.25, -0.2) is 0 Å². The lowest BCUT2D eigenvalue weighted by molar-refractivity contribution is 0.0926. The quantitative estimate of drug-likeness (QED) is 0.532. The van der Waals surface area contributed by atoms with Gasteiger partial charge in [-0.05, 0) is 38.3 Å². The third-order valence-corrected chi connectivity index (χ3v) is 3.54. The Morgan fingerprint density at radius 2 is 2.29 bits per heavy atom. The van der Waals surface area contributed by atoms with E-state index in [1.807, 2.05) is 0 Å². The summed E-state index contributed by atoms with van der Waals surface area (Å²) in [6.07, 6.45) is 10.2. The van der Waals surface area contributed by atoms with Gasteiger partial charge in [-0.2, -0.15) is 0 Å². The zero-order valence-electron chi connectivity index (χ0n) is 8.84. The van der Waals surface area contributed by atoms with Crippen molar-refractivity contribution in [3.05, 3.63) is 0 Å². The van der Waals surface area contributed by atoms with Crippen molar-refractivity contribution >= 4 is 0 Å². The van der Waals surface area contributed by atoms with Gasteiger partial charge in [0, 0.05) is 25.6 Å². The molecule has 1 N–H and O–H groups in total. The van der Waals surface area contributed by atoms with Gasteiger partial charge in [0.1, 0.15) is 0 Å². The lowest BCUT2D eigenvalue weighted by atomic mass is 9.85. The first kappa shape index (κ1) is 10.0. The monoisotopic (exact) mass is 192 g/mol. The van der Waals surface area contributed by atoms with Gasteiger partial charge in [-0.15, -0.1) is 12.3 Å². The van der Waals surface area contributed by atoms with Crippen LogP contribution in [0.15, 0.2) is 0 Å². The molecule has 2 saturated heterocycles. The first-order chi connectivity index (χ1) is 6.90. The van der Waals surface area contributed by atoms with Crippen LogP contribution in [0.25, 0.3) is 0 Å². The number of piperidine rings is 2. The molecular formula is C12H20N2. The van der Waals surface area contributed by atoms with E-state index in [0.717, 1.165) is 24.9 Å². The van der Waals surface area contributed by atoms with Crippen LogP contribution in [-0.4, -0.2) is 37.1 Å². The number of nitrogens with one attached hydrogen (secondary N) is 1. The lowest BCUT2D eigenvalue weighted by Gasteiger charge is -2.43. The van der Waals surface area contributed by atoms with E-state index in [9.17, 15) is 0 Å². The van der Waals surface area contributed by atoms with E-state index in [-0.39, 0.29) is 0 Å². The fraction of sp³-hybridized carbons (Fsp3) is 0.833. The zero-order valence-corrected chi connectivity index (χ0v) is 8.84. The molecule has 0 aromatic rings. The molecule has 3 unspecified atom stereocenters. The molecule has 2 aliphatic rings. The van der Waals surface area contributed by atoms with Crippen molar-refractivity contribution in [3.8, 4) is 12.3 Å². The summed E-state index contributed by atoms with van der Waals surface area (Å²) in [6, 6.07) is 0.736. The lowest BCUT2D eigenvalue weighted by Crippen LogP contribution is -2.52. The molecule has 3 atom stereocenters. The van der Waals surface area contributed by atoms with Gasteiger partial charge >= 0.3 is 0 Å². The minimum absolute atomic E-state index is 0.736. The Balaban J connectivity index is 1.78. The van der Waals surface area contributed by atoms with Crippen LogP contribution in [0.5, 0.6) is 0 Å². The fourth-order valence-corrected chi connectivity index (χ4v) is 2.78. The Hall–Kier alpha value is -0.520. The van der Waals surface area contributed by atoms with Crippen LogP contribution in [0.1, 0.15) is 25.7 Å². The third-order valence-electron chi connectivity index (χ3n) is 3.54. The summed E-state index contributed by atoms with van der Waals surface area (Å²) in [5.41, 5.74) is 0. The van der Waals surface area contributed by atoms with Crippen LogP contribution in [0.2, 0.25) is 0 Å². The van der Waals surface area contributed by atoms with Crippen molar-refractivity contribution in [3.63, 3.8) is 0 Å². The van der Waals surface area contributed by atoms with E-state index >= 15 is 0 Å². The maximum absolute atomic E-state index is 5.25. The van der Waals surface area contributed by atoms with Gasteiger partial charge in [-0.1, -0.05) is 0 Å². The number of nitrogens with zero attached hydrogens (tertiary/aromatic N) is 1. The van der Waals surface area contributed by atoms with Crippen molar-refractivity contribution in [2.45, 2.75) is 31.7 Å². The summed E-state index contributed by atoms with van der Waals surface area (Å²) in [6.45, 7) is 4.92. The molecule has 0 aliphatic carbocycles. The molecule has 2 bridgehead atoms. The molecule has 0 spiro atoms. The number of hydrogen-bond acceptors (Lipinski definition) is 2. The average Bonchev–Trinajstić information content (AvgIpc) is 2.22. The predicted octanol–water partition coefficient (Wildman–Crippen LogP) is 1.08. The zero-order chi connectivity index (χ0) is 9.80. The highest BCUT2D eigenvalue weighted by Crippen LogP contribution is 2.26. The Morgan fingerprint density at radius 1 is 1.36 bits per heavy atom. The van der Waals surface area contributed by atoms with Crippen LogP contribution >= 0.6 is 0 Å². The molecule has 2 nitrogen and oxygen atoms in total. The number of hydrogen-bond donors (Lipinski definition) is 1. The standard InChI is InChI=1S/C12H20N2/c1-2-3-7-13-12-6-9-14-8-4-5-11(12)10-14/h1,11-13H,3-10H2. The fourth-order valence-electron chi connectivity index (χ4n) is 2.78. The molecule has 2 aliphatic heterocycles. The minimum atomic E-state index is 0.736. The summed E-state index contributed by atoms with van der Waals surface area (Å²) in [5, 5.41) is 3.61. The highest BCUT2D eigenvalue weighted by Gasteiger charge is 2.31. The van der Waals surface area contributed by atoms with Gasteiger partial charge in [-0.3, -0.25) is 0 Å². The van der Waals surface area contributed by atoms with Gasteiger partial charge in [0.25, 0.3) is 0 Å². The Kier molecular flexibility index (Phi) is 3.44. The normalized spacial score (nSPS) is 36.4. The molecule has 0 aromatic carbocycles. The first-order valence-electron chi connectivity index (χ1n) is 5.79. The highest BCUT2D eigenvalue weighted by molar-refractivity contribution is 4.90. The van der Waals surface area contributed by atoms with Crippen molar-refractivity contribution < 1.29 is 0 Å². The van der Waals surface area contributed by atoms with Gasteiger partial charge in [0.15, 0.2) is 0 Å². The molecule has 78 valence electrons. The smallest absolute Gasteiger partial charge is 0.0212 e. The van der Waals surface area contributed by atoms with Crippen LogP contribution in [0, 0.1) is 18.3 Å². The van der Waals surface area contributed by atoms with E-state index in [0.29, 0.717) is 0 Å². The van der Waals surface area contributed by atoms with Gasteiger partial charge in [0.2, 0.25) is 0 Å². The van der Waals surface area contributed by atoms with E-state index < -0.39 is 0 Å². The topological polar surface area (TPSA) is 15.3 Å². The molecule has 2 heterocycles. The van der Waals surface area contributed by atoms with Crippen molar-refractivity contribution in [1.29, 1.82) is 0 Å². The highest BCUT2D eigenvalue weighted by atomic mass is 15.2. The summed E-state index contributed by atoms with van der Waals surface area (Å²) >= 11 is 0. The van der Waals surface area contributed by atoms with Crippen LogP contribution in [0.3, 0.4) is 0 Å². The van der Waals surface area contributed by atoms with E-state index in [1.54, 1.807) is 0 Å². The number of terminal acetylenes is 1. The summed E-state index contributed by atoms with van der Waals surface area (Å²) in [5.74, 6) is 3.57.